The fourth-order valence-electron chi connectivity index (χ4n) is 6.36. The van der Waals surface area contributed by atoms with Crippen LogP contribution in [-0.2, 0) is 32.6 Å². The van der Waals surface area contributed by atoms with Crippen molar-refractivity contribution in [3.05, 3.63) is 120 Å². The third-order valence-electron chi connectivity index (χ3n) is 9.03. The lowest BCUT2D eigenvalue weighted by atomic mass is 9.94. The van der Waals surface area contributed by atoms with Gasteiger partial charge in [0.1, 0.15) is 24.1 Å². The van der Waals surface area contributed by atoms with Crippen LogP contribution in [0.1, 0.15) is 55.7 Å². The Bertz CT molecular complexity index is 1830. The number of para-hydroxylation sites is 2. The summed E-state index contributed by atoms with van der Waals surface area (Å²) in [6.07, 6.45) is 5.20. The predicted octanol–water partition coefficient (Wildman–Crippen LogP) is 6.69. The average molecular weight is 698 g/mol. The van der Waals surface area contributed by atoms with Gasteiger partial charge >= 0.3 is 0 Å². The highest BCUT2D eigenvalue weighted by atomic mass is 32.2. The number of benzene rings is 4. The third-order valence-corrected chi connectivity index (χ3v) is 10.8. The molecule has 0 spiro atoms. The number of nitrogens with one attached hydrogen (secondary N) is 1. The summed E-state index contributed by atoms with van der Waals surface area (Å²) in [6, 6.07) is 29.3. The average Bonchev–Trinajstić information content (AvgIpc) is 3.13. The first-order valence-electron chi connectivity index (χ1n) is 17.3. The molecule has 0 saturated heterocycles. The fourth-order valence-corrected chi connectivity index (χ4v) is 7.78. The van der Waals surface area contributed by atoms with E-state index in [9.17, 15) is 18.0 Å². The number of ether oxygens (including phenoxy) is 2. The lowest BCUT2D eigenvalue weighted by Gasteiger charge is -2.35. The second-order valence-corrected chi connectivity index (χ2v) is 14.5. The summed E-state index contributed by atoms with van der Waals surface area (Å²) in [7, 11) is -2.70. The molecule has 1 fully saturated rings. The molecule has 0 bridgehead atoms. The molecule has 0 aliphatic heterocycles. The summed E-state index contributed by atoms with van der Waals surface area (Å²) >= 11 is 0. The lowest BCUT2D eigenvalue weighted by Crippen LogP contribution is -2.55. The molecule has 4 aromatic rings. The van der Waals surface area contributed by atoms with Crippen LogP contribution < -0.4 is 19.1 Å². The van der Waals surface area contributed by atoms with Crippen molar-refractivity contribution in [3.8, 4) is 11.5 Å². The number of hydrogen-bond acceptors (Lipinski definition) is 6. The minimum atomic E-state index is -4.27. The highest BCUT2D eigenvalue weighted by Gasteiger charge is 2.36. The van der Waals surface area contributed by atoms with Crippen molar-refractivity contribution in [2.24, 2.45) is 0 Å². The van der Waals surface area contributed by atoms with Crippen LogP contribution in [0, 0.1) is 6.92 Å². The van der Waals surface area contributed by atoms with Crippen LogP contribution in [0.25, 0.3) is 0 Å². The number of sulfonamides is 1. The van der Waals surface area contributed by atoms with Gasteiger partial charge in [0.15, 0.2) is 0 Å². The second-order valence-electron chi connectivity index (χ2n) is 12.6. The summed E-state index contributed by atoms with van der Waals surface area (Å²) in [5.41, 5.74) is 2.75. The number of carbonyl (C=O) groups excluding carboxylic acids is 2. The Morgan fingerprint density at radius 1 is 0.860 bits per heavy atom. The Morgan fingerprint density at radius 3 is 2.24 bits per heavy atom. The van der Waals surface area contributed by atoms with Gasteiger partial charge in [-0.25, -0.2) is 8.42 Å². The Morgan fingerprint density at radius 2 is 1.54 bits per heavy atom. The van der Waals surface area contributed by atoms with E-state index in [1.807, 2.05) is 68.4 Å². The number of carbonyl (C=O) groups is 2. The molecule has 0 aromatic heterocycles. The lowest BCUT2D eigenvalue weighted by molar-refractivity contribution is -0.140. The van der Waals surface area contributed by atoms with Gasteiger partial charge in [0, 0.05) is 19.0 Å². The van der Waals surface area contributed by atoms with Crippen molar-refractivity contribution in [2.45, 2.75) is 75.9 Å². The molecule has 4 aromatic carbocycles. The molecule has 1 N–H and O–H groups in total. The minimum Gasteiger partial charge on any atom is -0.497 e. The zero-order chi connectivity index (χ0) is 35.5. The highest BCUT2D eigenvalue weighted by Crippen LogP contribution is 2.33. The Labute approximate surface area is 296 Å². The van der Waals surface area contributed by atoms with Gasteiger partial charge < -0.3 is 19.7 Å². The Balaban J connectivity index is 1.60. The number of rotatable bonds is 15. The molecule has 10 heteroatoms. The number of amides is 2. The molecule has 1 aliphatic carbocycles. The zero-order valence-corrected chi connectivity index (χ0v) is 29.9. The molecule has 0 radical (unpaired) electrons. The van der Waals surface area contributed by atoms with Gasteiger partial charge in [0.2, 0.25) is 11.8 Å². The number of anilines is 1. The van der Waals surface area contributed by atoms with Crippen LogP contribution in [-0.4, -0.2) is 57.5 Å². The predicted molar refractivity (Wildman–Crippen MR) is 196 cm³/mol. The summed E-state index contributed by atoms with van der Waals surface area (Å²) in [5, 5.41) is 3.25. The minimum absolute atomic E-state index is 0.0137. The first-order chi connectivity index (χ1) is 24.2. The zero-order valence-electron chi connectivity index (χ0n) is 29.1. The summed E-state index contributed by atoms with van der Waals surface area (Å²) in [5.74, 6) is 0.137. The van der Waals surface area contributed by atoms with Crippen LogP contribution in [0.15, 0.2) is 108 Å². The van der Waals surface area contributed by atoms with Crippen LogP contribution >= 0.6 is 0 Å². The maximum atomic E-state index is 14.9. The topological polar surface area (TPSA) is 105 Å². The SMILES string of the molecule is CCOc1ccccc1N(CC(=O)N(Cc1cccc(OC)c1)[C@H](Cc1ccccc1)C(=O)NC1CCCCC1)S(=O)(=O)c1ccc(C)cc1. The summed E-state index contributed by atoms with van der Waals surface area (Å²) in [4.78, 5) is 30.8. The number of aryl methyl sites for hydroxylation is 1. The smallest absolute Gasteiger partial charge is 0.264 e. The quantitative estimate of drug-likeness (QED) is 0.149. The largest absolute Gasteiger partial charge is 0.497 e. The van der Waals surface area contributed by atoms with E-state index in [-0.39, 0.29) is 35.5 Å². The highest BCUT2D eigenvalue weighted by molar-refractivity contribution is 7.92. The van der Waals surface area contributed by atoms with Crippen molar-refractivity contribution in [1.29, 1.82) is 0 Å². The van der Waals surface area contributed by atoms with Gasteiger partial charge in [-0.2, -0.15) is 0 Å². The van der Waals surface area contributed by atoms with Crippen LogP contribution in [0.5, 0.6) is 11.5 Å². The van der Waals surface area contributed by atoms with E-state index in [1.54, 1.807) is 43.5 Å². The van der Waals surface area contributed by atoms with Crippen molar-refractivity contribution >= 4 is 27.5 Å². The van der Waals surface area contributed by atoms with Gasteiger partial charge in [-0.05, 0) is 74.2 Å². The molecule has 1 aliphatic rings. The van der Waals surface area contributed by atoms with Crippen LogP contribution in [0.3, 0.4) is 0 Å². The third kappa shape index (κ3) is 9.24. The fraction of sp³-hybridized carbons (Fsp3) is 0.350. The Kier molecular flexibility index (Phi) is 12.5. The van der Waals surface area contributed by atoms with Crippen LogP contribution in [0.4, 0.5) is 5.69 Å². The first-order valence-corrected chi connectivity index (χ1v) is 18.7. The molecule has 9 nitrogen and oxygen atoms in total. The van der Waals surface area contributed by atoms with Crippen LogP contribution in [0.2, 0.25) is 0 Å². The summed E-state index contributed by atoms with van der Waals surface area (Å²) in [6.45, 7) is 3.48. The molecule has 1 saturated carbocycles. The maximum absolute atomic E-state index is 14.9. The standard InChI is InChI=1S/C40H47N3O6S/c1-4-49-38-21-12-11-20-36(38)43(50(46,47)35-24-22-30(2)23-25-35)29-39(44)42(28-32-16-13-19-34(26-32)48-3)37(27-31-14-7-5-8-15-31)40(45)41-33-17-9-6-10-18-33/h5,7-8,11-16,19-26,33,37H,4,6,9-10,17-18,27-29H2,1-3H3,(H,41,45)/t37-/m1/s1. The van der Waals surface area contributed by atoms with Crippen molar-refractivity contribution in [1.82, 2.24) is 10.2 Å². The van der Waals surface area contributed by atoms with E-state index < -0.39 is 28.5 Å². The molecule has 0 unspecified atom stereocenters. The Hall–Kier alpha value is -4.83. The first kappa shape index (κ1) is 36.5. The number of nitrogens with zero attached hydrogens (tertiary/aromatic N) is 2. The van der Waals surface area contributed by atoms with E-state index in [0.717, 1.165) is 53.1 Å². The van der Waals surface area contributed by atoms with E-state index in [4.69, 9.17) is 9.47 Å². The van der Waals surface area contributed by atoms with Gasteiger partial charge in [0.05, 0.1) is 24.3 Å². The molecule has 5 rings (SSSR count). The van der Waals surface area contributed by atoms with E-state index in [0.29, 0.717) is 18.1 Å². The molecular formula is C40H47N3O6S. The van der Waals surface area contributed by atoms with Crippen molar-refractivity contribution in [2.75, 3.05) is 24.6 Å². The summed E-state index contributed by atoms with van der Waals surface area (Å²) < 4.78 is 41.4. The van der Waals surface area contributed by atoms with E-state index in [1.165, 1.54) is 17.0 Å². The van der Waals surface area contributed by atoms with Crippen molar-refractivity contribution < 1.29 is 27.5 Å². The van der Waals surface area contributed by atoms with E-state index >= 15 is 0 Å². The molecule has 0 heterocycles. The molecule has 264 valence electrons. The van der Waals surface area contributed by atoms with Gasteiger partial charge in [-0.3, -0.25) is 13.9 Å². The van der Waals surface area contributed by atoms with Gasteiger partial charge in [0.25, 0.3) is 10.0 Å². The molecule has 1 atom stereocenters. The van der Waals surface area contributed by atoms with E-state index in [2.05, 4.69) is 5.32 Å². The van der Waals surface area contributed by atoms with Gasteiger partial charge in [-0.15, -0.1) is 0 Å². The normalized spacial score (nSPS) is 14.0. The van der Waals surface area contributed by atoms with Gasteiger partial charge in [-0.1, -0.05) is 91.6 Å². The monoisotopic (exact) mass is 697 g/mol. The number of methoxy groups -OCH3 is 1. The molecular weight excluding hydrogens is 651 g/mol. The molecule has 2 amide bonds. The second kappa shape index (κ2) is 17.2. The maximum Gasteiger partial charge on any atom is 0.264 e. The number of hydrogen-bond donors (Lipinski definition) is 1. The molecule has 50 heavy (non-hydrogen) atoms. The van der Waals surface area contributed by atoms with Crippen molar-refractivity contribution in [3.63, 3.8) is 0 Å².